The zero-order valence-electron chi connectivity index (χ0n) is 19.1. The molecule has 0 unspecified atom stereocenters. The molecule has 172 valence electrons. The van der Waals surface area contributed by atoms with Crippen LogP contribution in [0.5, 0.6) is 5.75 Å². The predicted molar refractivity (Wildman–Crippen MR) is 128 cm³/mol. The van der Waals surface area contributed by atoms with E-state index in [0.717, 1.165) is 29.0 Å². The van der Waals surface area contributed by atoms with Gasteiger partial charge in [0.15, 0.2) is 5.78 Å². The van der Waals surface area contributed by atoms with Gasteiger partial charge in [0, 0.05) is 34.3 Å². The van der Waals surface area contributed by atoms with E-state index in [1.807, 2.05) is 55.5 Å². The molecule has 0 radical (unpaired) electrons. The molecule has 2 aromatic rings. The lowest BCUT2D eigenvalue weighted by Gasteiger charge is -2.36. The number of carbonyl (C=O) groups excluding carboxylic acids is 2. The molecule has 1 aliphatic carbocycles. The number of nitrogens with one attached hydrogen (secondary N) is 1. The number of allylic oxidation sites excluding steroid dienone is 3. The fraction of sp³-hybridized carbons (Fsp3) is 0.333. The fourth-order valence-electron chi connectivity index (χ4n) is 4.70. The molecule has 0 saturated heterocycles. The average molecular weight is 466 g/mol. The molecule has 0 saturated carbocycles. The number of Topliss-reactive ketones (excluding diaryl/α,β-unsaturated/α-hetero) is 1. The smallest absolute Gasteiger partial charge is 0.336 e. The summed E-state index contributed by atoms with van der Waals surface area (Å²) in [7, 11) is 1.37. The van der Waals surface area contributed by atoms with Crippen LogP contribution in [0, 0.1) is 0 Å². The number of methoxy groups -OCH3 is 1. The maximum atomic E-state index is 13.5. The number of halogens is 1. The lowest BCUT2D eigenvalue weighted by Crippen LogP contribution is -2.36. The van der Waals surface area contributed by atoms with Crippen molar-refractivity contribution >= 4 is 23.4 Å². The second-order valence-electron chi connectivity index (χ2n) is 8.48. The van der Waals surface area contributed by atoms with Crippen LogP contribution in [-0.4, -0.2) is 25.5 Å². The molecule has 4 rings (SSSR count). The van der Waals surface area contributed by atoms with Gasteiger partial charge in [0.2, 0.25) is 0 Å². The molecular weight excluding hydrogens is 438 g/mol. The van der Waals surface area contributed by atoms with Crippen molar-refractivity contribution in [2.24, 2.45) is 0 Å². The summed E-state index contributed by atoms with van der Waals surface area (Å²) >= 11 is 6.05. The Morgan fingerprint density at radius 2 is 1.73 bits per heavy atom. The lowest BCUT2D eigenvalue weighted by atomic mass is 9.72. The van der Waals surface area contributed by atoms with Crippen molar-refractivity contribution in [2.75, 3.05) is 13.7 Å². The SMILES string of the molecule is CCCOc1ccc([C@@H]2C(C(=O)OC)=C(C)NC3=C2C(=O)C[C@H](c2ccc(Cl)cc2)C3)cc1. The van der Waals surface area contributed by atoms with Crippen molar-refractivity contribution in [1.29, 1.82) is 0 Å². The van der Waals surface area contributed by atoms with E-state index in [-0.39, 0.29) is 11.7 Å². The molecular formula is C27H28ClNO4. The number of benzene rings is 2. The molecule has 1 aliphatic heterocycles. The van der Waals surface area contributed by atoms with E-state index < -0.39 is 11.9 Å². The van der Waals surface area contributed by atoms with Crippen molar-refractivity contribution < 1.29 is 19.1 Å². The van der Waals surface area contributed by atoms with E-state index in [1.54, 1.807) is 0 Å². The maximum absolute atomic E-state index is 13.5. The minimum atomic E-state index is -0.479. The van der Waals surface area contributed by atoms with E-state index in [9.17, 15) is 9.59 Å². The topological polar surface area (TPSA) is 64.6 Å². The van der Waals surface area contributed by atoms with Gasteiger partial charge in [0.1, 0.15) is 5.75 Å². The highest BCUT2D eigenvalue weighted by Crippen LogP contribution is 2.46. The number of carbonyl (C=O) groups is 2. The first-order valence-corrected chi connectivity index (χ1v) is 11.6. The van der Waals surface area contributed by atoms with Crippen LogP contribution in [0.2, 0.25) is 5.02 Å². The van der Waals surface area contributed by atoms with Crippen molar-refractivity contribution in [1.82, 2.24) is 5.32 Å². The van der Waals surface area contributed by atoms with Gasteiger partial charge in [-0.25, -0.2) is 4.79 Å². The Morgan fingerprint density at radius 1 is 1.06 bits per heavy atom. The third-order valence-electron chi connectivity index (χ3n) is 6.26. The van der Waals surface area contributed by atoms with Crippen LogP contribution in [0.1, 0.15) is 56.1 Å². The van der Waals surface area contributed by atoms with Crippen molar-refractivity contribution in [3.05, 3.63) is 87.2 Å². The summed E-state index contributed by atoms with van der Waals surface area (Å²) in [6, 6.07) is 15.3. The summed E-state index contributed by atoms with van der Waals surface area (Å²) in [4.78, 5) is 26.3. The monoisotopic (exact) mass is 465 g/mol. The summed E-state index contributed by atoms with van der Waals surface area (Å²) < 4.78 is 10.8. The zero-order valence-corrected chi connectivity index (χ0v) is 19.9. The first kappa shape index (κ1) is 23.1. The molecule has 1 N–H and O–H groups in total. The highest BCUT2D eigenvalue weighted by Gasteiger charge is 2.41. The number of esters is 1. The number of hydrogen-bond acceptors (Lipinski definition) is 5. The summed E-state index contributed by atoms with van der Waals surface area (Å²) in [5.41, 5.74) is 4.64. The van der Waals surface area contributed by atoms with Gasteiger partial charge >= 0.3 is 5.97 Å². The summed E-state index contributed by atoms with van der Waals surface area (Å²) in [6.45, 7) is 4.55. The number of ketones is 1. The molecule has 0 spiro atoms. The summed E-state index contributed by atoms with van der Waals surface area (Å²) in [6.07, 6.45) is 1.98. The van der Waals surface area contributed by atoms with Crippen molar-refractivity contribution in [2.45, 2.75) is 44.9 Å². The number of dihydropyridines is 1. The Morgan fingerprint density at radius 3 is 2.36 bits per heavy atom. The fourth-order valence-corrected chi connectivity index (χ4v) is 4.83. The van der Waals surface area contributed by atoms with Crippen LogP contribution in [0.15, 0.2) is 71.1 Å². The van der Waals surface area contributed by atoms with E-state index in [2.05, 4.69) is 12.2 Å². The first-order valence-electron chi connectivity index (χ1n) is 11.2. The Labute approximate surface area is 199 Å². The molecule has 2 atom stereocenters. The average Bonchev–Trinajstić information content (AvgIpc) is 2.82. The highest BCUT2D eigenvalue weighted by atomic mass is 35.5. The largest absolute Gasteiger partial charge is 0.494 e. The molecule has 33 heavy (non-hydrogen) atoms. The Balaban J connectivity index is 1.74. The standard InChI is InChI=1S/C27H28ClNO4/c1-4-13-33-21-11-7-18(8-12-21)25-24(27(31)32-3)16(2)29-22-14-19(15-23(30)26(22)25)17-5-9-20(28)10-6-17/h5-12,19,25,29H,4,13-15H2,1-3H3/t19-,25-/m1/s1. The van der Waals surface area contributed by atoms with Crippen LogP contribution in [0.4, 0.5) is 0 Å². The van der Waals surface area contributed by atoms with Crippen LogP contribution in [-0.2, 0) is 14.3 Å². The third-order valence-corrected chi connectivity index (χ3v) is 6.51. The van der Waals surface area contributed by atoms with Gasteiger partial charge in [-0.2, -0.15) is 0 Å². The minimum Gasteiger partial charge on any atom is -0.494 e. The van der Waals surface area contributed by atoms with E-state index >= 15 is 0 Å². The van der Waals surface area contributed by atoms with E-state index in [0.29, 0.717) is 41.3 Å². The zero-order chi connectivity index (χ0) is 23.5. The Hall–Kier alpha value is -3.05. The number of ether oxygens (including phenoxy) is 2. The minimum absolute atomic E-state index is 0.0360. The van der Waals surface area contributed by atoms with E-state index in [4.69, 9.17) is 21.1 Å². The van der Waals surface area contributed by atoms with Gasteiger partial charge < -0.3 is 14.8 Å². The van der Waals surface area contributed by atoms with E-state index in [1.165, 1.54) is 7.11 Å². The van der Waals surface area contributed by atoms with Crippen LogP contribution in [0.3, 0.4) is 0 Å². The molecule has 0 bridgehead atoms. The number of hydrogen-bond donors (Lipinski definition) is 1. The summed E-state index contributed by atoms with van der Waals surface area (Å²) in [5.74, 6) is -0.0576. The van der Waals surface area contributed by atoms with Gasteiger partial charge in [0.05, 0.1) is 19.3 Å². The second kappa shape index (κ2) is 9.84. The highest BCUT2D eigenvalue weighted by molar-refractivity contribution is 6.30. The van der Waals surface area contributed by atoms with Crippen molar-refractivity contribution in [3.8, 4) is 5.75 Å². The van der Waals surface area contributed by atoms with Crippen LogP contribution < -0.4 is 10.1 Å². The van der Waals surface area contributed by atoms with Gasteiger partial charge in [-0.3, -0.25) is 4.79 Å². The van der Waals surface area contributed by atoms with Gasteiger partial charge in [-0.1, -0.05) is 42.8 Å². The van der Waals surface area contributed by atoms with Gasteiger partial charge in [0.25, 0.3) is 0 Å². The first-order chi connectivity index (χ1) is 15.9. The summed E-state index contributed by atoms with van der Waals surface area (Å²) in [5, 5.41) is 4.02. The lowest BCUT2D eigenvalue weighted by molar-refractivity contribution is -0.136. The molecule has 1 heterocycles. The second-order valence-corrected chi connectivity index (χ2v) is 8.91. The molecule has 0 fully saturated rings. The van der Waals surface area contributed by atoms with Gasteiger partial charge in [-0.15, -0.1) is 0 Å². The molecule has 0 aromatic heterocycles. The molecule has 0 amide bonds. The van der Waals surface area contributed by atoms with Crippen LogP contribution >= 0.6 is 11.6 Å². The number of rotatable bonds is 6. The Bertz CT molecular complexity index is 1120. The third kappa shape index (κ3) is 4.69. The Kier molecular flexibility index (Phi) is 6.89. The predicted octanol–water partition coefficient (Wildman–Crippen LogP) is 5.66. The van der Waals surface area contributed by atoms with Crippen LogP contribution in [0.25, 0.3) is 0 Å². The molecule has 2 aromatic carbocycles. The quantitative estimate of drug-likeness (QED) is 0.557. The normalized spacial score (nSPS) is 20.3. The molecule has 2 aliphatic rings. The molecule has 6 heteroatoms. The maximum Gasteiger partial charge on any atom is 0.336 e. The molecule has 5 nitrogen and oxygen atoms in total. The van der Waals surface area contributed by atoms with Gasteiger partial charge in [-0.05, 0) is 61.1 Å². The van der Waals surface area contributed by atoms with Crippen molar-refractivity contribution in [3.63, 3.8) is 0 Å².